The lowest BCUT2D eigenvalue weighted by molar-refractivity contribution is -0.140. The van der Waals surface area contributed by atoms with Gasteiger partial charge in [-0.15, -0.1) is 0 Å². The number of aromatic amines is 1. The number of carbonyl (C=O) groups excluding carboxylic acids is 1. The number of fused-ring (bicyclic) bond motifs is 2. The Hall–Kier alpha value is -2.93. The minimum Gasteiger partial charge on any atom is -0.494 e. The summed E-state index contributed by atoms with van der Waals surface area (Å²) in [6, 6.07) is 11.3. The van der Waals surface area contributed by atoms with Crippen molar-refractivity contribution in [1.29, 1.82) is 0 Å². The van der Waals surface area contributed by atoms with Crippen LogP contribution in [0.1, 0.15) is 23.6 Å². The van der Waals surface area contributed by atoms with Crippen molar-refractivity contribution < 1.29 is 14.7 Å². The Morgan fingerprint density at radius 3 is 2.85 bits per heavy atom. The van der Waals surface area contributed by atoms with E-state index in [0.717, 1.165) is 26.5 Å². The molecule has 0 atom stereocenters. The van der Waals surface area contributed by atoms with E-state index in [0.29, 0.717) is 22.7 Å². The highest BCUT2D eigenvalue weighted by Gasteiger charge is 2.29. The zero-order chi connectivity index (χ0) is 18.4. The topological polar surface area (TPSA) is 87.0 Å². The summed E-state index contributed by atoms with van der Waals surface area (Å²) in [6.07, 6.45) is 0. The summed E-state index contributed by atoms with van der Waals surface area (Å²) in [5.41, 5.74) is 4.62. The van der Waals surface area contributed by atoms with Gasteiger partial charge in [0.15, 0.2) is 5.88 Å². The number of carbonyl (C=O) groups is 1. The molecule has 0 amide bonds. The summed E-state index contributed by atoms with van der Waals surface area (Å²) < 4.78 is 0.934. The number of para-hydroxylation sites is 1. The number of aliphatic imine (C=N–C) groups is 1. The van der Waals surface area contributed by atoms with Crippen LogP contribution in [-0.4, -0.2) is 27.5 Å². The molecule has 4 rings (SSSR count). The lowest BCUT2D eigenvalue weighted by Crippen LogP contribution is -2.14. The van der Waals surface area contributed by atoms with Crippen LogP contribution in [0.25, 0.3) is 10.9 Å². The molecule has 130 valence electrons. The first-order valence-corrected chi connectivity index (χ1v) is 8.70. The van der Waals surface area contributed by atoms with Crippen molar-refractivity contribution in [3.05, 3.63) is 57.6 Å². The van der Waals surface area contributed by atoms with E-state index in [1.165, 1.54) is 6.92 Å². The smallest absolute Gasteiger partial charge is 0.332 e. The van der Waals surface area contributed by atoms with Gasteiger partial charge in [0, 0.05) is 22.3 Å². The fraction of sp³-hybridized carbons (Fsp3) is 0.105. The molecular formula is C19H14BrN3O3. The third-order valence-corrected chi connectivity index (χ3v) is 5.03. The van der Waals surface area contributed by atoms with Gasteiger partial charge in [0.2, 0.25) is 0 Å². The number of hydrogen-bond donors (Lipinski definition) is 2. The molecule has 7 heteroatoms. The maximum atomic E-state index is 11.2. The first-order valence-electron chi connectivity index (χ1n) is 7.91. The predicted molar refractivity (Wildman–Crippen MR) is 103 cm³/mol. The standard InChI is InChI=1S/C19H14BrN3O3/c1-9-7-12-15(8-13(9)20)22-19(25)16(12)18-17(23-26-10(2)24)11-5-3-4-6-14(11)21-18/h3-8,22,25H,1-2H3. The minimum atomic E-state index is -0.524. The number of H-pyrrole nitrogens is 1. The monoisotopic (exact) mass is 411 g/mol. The number of oxime groups is 1. The highest BCUT2D eigenvalue weighted by molar-refractivity contribution is 9.10. The van der Waals surface area contributed by atoms with Crippen molar-refractivity contribution >= 4 is 49.9 Å². The van der Waals surface area contributed by atoms with Gasteiger partial charge in [-0.2, -0.15) is 0 Å². The molecule has 0 spiro atoms. The quantitative estimate of drug-likeness (QED) is 0.485. The number of rotatable bonds is 2. The van der Waals surface area contributed by atoms with E-state index >= 15 is 0 Å². The number of hydrogen-bond acceptors (Lipinski definition) is 5. The van der Waals surface area contributed by atoms with E-state index in [1.807, 2.05) is 43.3 Å². The van der Waals surface area contributed by atoms with Crippen LogP contribution in [0.15, 0.2) is 51.0 Å². The molecule has 1 aromatic heterocycles. The second kappa shape index (κ2) is 6.10. The second-order valence-corrected chi connectivity index (χ2v) is 6.85. The average Bonchev–Trinajstić information content (AvgIpc) is 3.10. The fourth-order valence-corrected chi connectivity index (χ4v) is 3.34. The maximum Gasteiger partial charge on any atom is 0.332 e. The molecule has 26 heavy (non-hydrogen) atoms. The Morgan fingerprint density at radius 1 is 1.31 bits per heavy atom. The van der Waals surface area contributed by atoms with Crippen molar-refractivity contribution in [2.75, 3.05) is 0 Å². The molecule has 0 aliphatic carbocycles. The summed E-state index contributed by atoms with van der Waals surface area (Å²) in [4.78, 5) is 23.7. The molecule has 0 saturated carbocycles. The zero-order valence-electron chi connectivity index (χ0n) is 14.0. The number of nitrogens with zero attached hydrogens (tertiary/aromatic N) is 2. The van der Waals surface area contributed by atoms with Gasteiger partial charge in [0.05, 0.1) is 16.8 Å². The first kappa shape index (κ1) is 16.5. The second-order valence-electron chi connectivity index (χ2n) is 6.00. The molecule has 0 saturated heterocycles. The van der Waals surface area contributed by atoms with Gasteiger partial charge in [0.25, 0.3) is 0 Å². The molecule has 1 aliphatic rings. The summed E-state index contributed by atoms with van der Waals surface area (Å²) >= 11 is 3.50. The van der Waals surface area contributed by atoms with Gasteiger partial charge >= 0.3 is 5.97 Å². The van der Waals surface area contributed by atoms with Crippen molar-refractivity contribution in [3.63, 3.8) is 0 Å². The van der Waals surface area contributed by atoms with Gasteiger partial charge in [-0.1, -0.05) is 39.3 Å². The number of aromatic hydroxyl groups is 1. The van der Waals surface area contributed by atoms with Crippen LogP contribution in [0.4, 0.5) is 5.69 Å². The first-order chi connectivity index (χ1) is 12.5. The predicted octanol–water partition coefficient (Wildman–Crippen LogP) is 4.35. The van der Waals surface area contributed by atoms with E-state index in [4.69, 9.17) is 4.84 Å². The molecule has 0 bridgehead atoms. The molecule has 6 nitrogen and oxygen atoms in total. The van der Waals surface area contributed by atoms with Crippen molar-refractivity contribution in [2.24, 2.45) is 10.1 Å². The molecule has 2 N–H and O–H groups in total. The summed E-state index contributed by atoms with van der Waals surface area (Å²) in [6.45, 7) is 3.25. The van der Waals surface area contributed by atoms with E-state index in [2.05, 4.69) is 31.1 Å². The van der Waals surface area contributed by atoms with E-state index in [-0.39, 0.29) is 5.88 Å². The molecule has 2 heterocycles. The molecule has 1 aliphatic heterocycles. The van der Waals surface area contributed by atoms with Crippen LogP contribution in [-0.2, 0) is 9.63 Å². The number of halogens is 1. The molecular weight excluding hydrogens is 398 g/mol. The van der Waals surface area contributed by atoms with E-state index in [1.54, 1.807) is 0 Å². The average molecular weight is 412 g/mol. The Morgan fingerprint density at radius 2 is 2.08 bits per heavy atom. The van der Waals surface area contributed by atoms with Crippen molar-refractivity contribution in [3.8, 4) is 5.88 Å². The molecule has 0 radical (unpaired) electrons. The van der Waals surface area contributed by atoms with Crippen LogP contribution in [0, 0.1) is 6.92 Å². The molecule has 2 aromatic carbocycles. The van der Waals surface area contributed by atoms with Gasteiger partial charge in [-0.3, -0.25) is 0 Å². The minimum absolute atomic E-state index is 0.0143. The van der Waals surface area contributed by atoms with Crippen molar-refractivity contribution in [1.82, 2.24) is 4.98 Å². The zero-order valence-corrected chi connectivity index (χ0v) is 15.6. The largest absolute Gasteiger partial charge is 0.494 e. The summed E-state index contributed by atoms with van der Waals surface area (Å²) in [7, 11) is 0. The molecule has 0 fully saturated rings. The van der Waals surface area contributed by atoms with Crippen LogP contribution < -0.4 is 0 Å². The highest BCUT2D eigenvalue weighted by atomic mass is 79.9. The lowest BCUT2D eigenvalue weighted by Gasteiger charge is -2.04. The number of benzene rings is 2. The SMILES string of the molecule is CC(=O)ON=C1C(c2c(O)[nH]c3cc(Br)c(C)cc23)=Nc2ccccc21. The van der Waals surface area contributed by atoms with Gasteiger partial charge in [-0.25, -0.2) is 9.79 Å². The van der Waals surface area contributed by atoms with Crippen LogP contribution in [0.5, 0.6) is 5.88 Å². The van der Waals surface area contributed by atoms with Gasteiger partial charge in [0.1, 0.15) is 11.4 Å². The fourth-order valence-electron chi connectivity index (χ4n) is 3.00. The normalized spacial score (nSPS) is 14.6. The summed E-state index contributed by atoms with van der Waals surface area (Å²) in [5, 5.41) is 15.3. The van der Waals surface area contributed by atoms with Crippen LogP contribution >= 0.6 is 15.9 Å². The summed E-state index contributed by atoms with van der Waals surface area (Å²) in [5.74, 6) is -0.538. The van der Waals surface area contributed by atoms with Crippen molar-refractivity contribution in [2.45, 2.75) is 13.8 Å². The number of aryl methyl sites for hydroxylation is 1. The third-order valence-electron chi connectivity index (χ3n) is 4.18. The third kappa shape index (κ3) is 2.61. The van der Waals surface area contributed by atoms with Gasteiger partial charge < -0.3 is 14.9 Å². The molecule has 3 aromatic rings. The Labute approximate surface area is 157 Å². The number of aromatic nitrogens is 1. The highest BCUT2D eigenvalue weighted by Crippen LogP contribution is 2.37. The van der Waals surface area contributed by atoms with Crippen LogP contribution in [0.2, 0.25) is 0 Å². The maximum absolute atomic E-state index is 11.2. The van der Waals surface area contributed by atoms with E-state index in [9.17, 15) is 9.90 Å². The Balaban J connectivity index is 1.96. The van der Waals surface area contributed by atoms with Gasteiger partial charge in [-0.05, 0) is 30.7 Å². The molecule has 0 unspecified atom stereocenters. The van der Waals surface area contributed by atoms with Crippen LogP contribution in [0.3, 0.4) is 0 Å². The Kier molecular flexibility index (Phi) is 3.88. The Bertz CT molecular complexity index is 1130. The number of nitrogens with one attached hydrogen (secondary N) is 1. The van der Waals surface area contributed by atoms with E-state index < -0.39 is 5.97 Å². The lowest BCUT2D eigenvalue weighted by atomic mass is 10.0.